The van der Waals surface area contributed by atoms with E-state index >= 15 is 0 Å². The molecule has 0 saturated carbocycles. The quantitative estimate of drug-likeness (QED) is 0.463. The number of amides is 1. The van der Waals surface area contributed by atoms with Gasteiger partial charge in [-0.1, -0.05) is 34.6 Å². The molecule has 0 spiro atoms. The minimum absolute atomic E-state index is 0.187. The molecule has 0 saturated heterocycles. The van der Waals surface area contributed by atoms with Crippen LogP contribution in [0.25, 0.3) is 0 Å². The van der Waals surface area contributed by atoms with Gasteiger partial charge in [0.15, 0.2) is 5.71 Å². The summed E-state index contributed by atoms with van der Waals surface area (Å²) in [6.07, 6.45) is -0.221. The number of benzene rings is 2. The van der Waals surface area contributed by atoms with Gasteiger partial charge in [0.25, 0.3) is 5.91 Å². The van der Waals surface area contributed by atoms with Gasteiger partial charge in [-0.05, 0) is 50.1 Å². The van der Waals surface area contributed by atoms with Crippen molar-refractivity contribution in [2.45, 2.75) is 33.5 Å². The molecule has 0 bridgehead atoms. The summed E-state index contributed by atoms with van der Waals surface area (Å²) in [4.78, 5) is 21.8. The van der Waals surface area contributed by atoms with Crippen LogP contribution in [0.3, 0.4) is 0 Å². The zero-order valence-corrected chi connectivity index (χ0v) is 18.8. The van der Waals surface area contributed by atoms with E-state index in [0.29, 0.717) is 17.1 Å². The van der Waals surface area contributed by atoms with E-state index in [1.165, 1.54) is 14.2 Å². The third-order valence-electron chi connectivity index (χ3n) is 4.56. The van der Waals surface area contributed by atoms with Crippen molar-refractivity contribution < 1.29 is 23.9 Å². The van der Waals surface area contributed by atoms with Crippen LogP contribution in [0, 0.1) is 6.92 Å². The molecule has 1 atom stereocenters. The Hall–Kier alpha value is -3.55. The molecule has 1 N–H and O–H groups in total. The van der Waals surface area contributed by atoms with Gasteiger partial charge < -0.3 is 24.5 Å². The first-order valence-electron chi connectivity index (χ1n) is 9.80. The third kappa shape index (κ3) is 6.47. The van der Waals surface area contributed by atoms with Crippen LogP contribution in [0.15, 0.2) is 52.8 Å². The zero-order chi connectivity index (χ0) is 22.8. The number of likely N-dealkylation sites (N-methyl/N-ethyl adjacent to an activating group) is 1. The fourth-order valence-electron chi connectivity index (χ4n) is 2.82. The molecule has 2 aromatic rings. The standard InChI is InChI=1S/C23H29N3O5/c1-15-13-19(31-17(3)16(2)25-28-5)11-12-21(15)30-14-18-9-7-8-10-20(18)22(26-29-6)23(27)24-4/h7-13,17H,14H2,1-6H3,(H,24,27). The van der Waals surface area contributed by atoms with Crippen molar-refractivity contribution in [1.29, 1.82) is 0 Å². The summed E-state index contributed by atoms with van der Waals surface area (Å²) < 4.78 is 11.9. The molecule has 31 heavy (non-hydrogen) atoms. The topological polar surface area (TPSA) is 90.7 Å². The molecule has 0 aromatic heterocycles. The summed E-state index contributed by atoms with van der Waals surface area (Å²) >= 11 is 0. The number of carbonyl (C=O) groups is 1. The fraction of sp³-hybridized carbons (Fsp3) is 0.348. The lowest BCUT2D eigenvalue weighted by Crippen LogP contribution is -2.29. The lowest BCUT2D eigenvalue weighted by molar-refractivity contribution is -0.114. The summed E-state index contributed by atoms with van der Waals surface area (Å²) in [7, 11) is 4.45. The van der Waals surface area contributed by atoms with Crippen molar-refractivity contribution in [3.63, 3.8) is 0 Å². The van der Waals surface area contributed by atoms with Crippen LogP contribution in [0.4, 0.5) is 0 Å². The Morgan fingerprint density at radius 3 is 2.45 bits per heavy atom. The van der Waals surface area contributed by atoms with Crippen LogP contribution in [-0.2, 0) is 21.1 Å². The molecule has 8 heteroatoms. The number of nitrogens with one attached hydrogen (secondary N) is 1. The van der Waals surface area contributed by atoms with Gasteiger partial charge in [0, 0.05) is 12.6 Å². The van der Waals surface area contributed by atoms with E-state index in [9.17, 15) is 4.79 Å². The maximum atomic E-state index is 12.2. The van der Waals surface area contributed by atoms with E-state index < -0.39 is 0 Å². The van der Waals surface area contributed by atoms with Gasteiger partial charge in [-0.3, -0.25) is 4.79 Å². The van der Waals surface area contributed by atoms with E-state index in [4.69, 9.17) is 19.1 Å². The van der Waals surface area contributed by atoms with Gasteiger partial charge in [-0.15, -0.1) is 0 Å². The molecule has 0 aliphatic rings. The smallest absolute Gasteiger partial charge is 0.273 e. The first-order chi connectivity index (χ1) is 14.9. The Kier molecular flexibility index (Phi) is 8.87. The molecule has 0 heterocycles. The molecule has 2 aromatic carbocycles. The summed E-state index contributed by atoms with van der Waals surface area (Å²) in [5.41, 5.74) is 3.29. The lowest BCUT2D eigenvalue weighted by atomic mass is 10.0. The van der Waals surface area contributed by atoms with Crippen LogP contribution in [0.5, 0.6) is 11.5 Å². The fourth-order valence-corrected chi connectivity index (χ4v) is 2.82. The number of nitrogens with zero attached hydrogens (tertiary/aromatic N) is 2. The Morgan fingerprint density at radius 1 is 1.10 bits per heavy atom. The average Bonchev–Trinajstić information content (AvgIpc) is 2.77. The molecule has 1 amide bonds. The number of hydrogen-bond acceptors (Lipinski definition) is 7. The van der Waals surface area contributed by atoms with Gasteiger partial charge in [0.2, 0.25) is 0 Å². The van der Waals surface area contributed by atoms with Gasteiger partial charge in [-0.2, -0.15) is 0 Å². The monoisotopic (exact) mass is 427 g/mol. The Labute approximate surface area is 182 Å². The summed E-state index contributed by atoms with van der Waals surface area (Å²) in [6.45, 7) is 5.94. The van der Waals surface area contributed by atoms with E-state index in [1.54, 1.807) is 13.1 Å². The summed E-state index contributed by atoms with van der Waals surface area (Å²) in [5, 5.41) is 10.4. The lowest BCUT2D eigenvalue weighted by Gasteiger charge is -2.16. The van der Waals surface area contributed by atoms with Crippen LogP contribution in [-0.4, -0.2) is 44.7 Å². The number of aryl methyl sites for hydroxylation is 1. The minimum atomic E-state index is -0.339. The molecule has 0 aliphatic heterocycles. The molecule has 0 fully saturated rings. The molecule has 0 aliphatic carbocycles. The normalized spacial score (nSPS) is 12.7. The van der Waals surface area contributed by atoms with Gasteiger partial charge in [0.05, 0.1) is 5.71 Å². The second kappa shape index (κ2) is 11.6. The molecule has 166 valence electrons. The molecule has 0 radical (unpaired) electrons. The summed E-state index contributed by atoms with van der Waals surface area (Å²) in [6, 6.07) is 13.0. The first-order valence-corrected chi connectivity index (χ1v) is 9.80. The number of carbonyl (C=O) groups excluding carboxylic acids is 1. The Morgan fingerprint density at radius 2 is 1.81 bits per heavy atom. The van der Waals surface area contributed by atoms with Gasteiger partial charge in [0.1, 0.15) is 38.4 Å². The highest BCUT2D eigenvalue weighted by Gasteiger charge is 2.18. The summed E-state index contributed by atoms with van der Waals surface area (Å²) in [5.74, 6) is 1.08. The van der Waals surface area contributed by atoms with Crippen molar-refractivity contribution in [2.24, 2.45) is 10.3 Å². The van der Waals surface area contributed by atoms with Crippen LogP contribution >= 0.6 is 0 Å². The van der Waals surface area contributed by atoms with Crippen LogP contribution in [0.2, 0.25) is 0 Å². The molecular weight excluding hydrogens is 398 g/mol. The zero-order valence-electron chi connectivity index (χ0n) is 18.8. The van der Waals surface area contributed by atoms with Gasteiger partial charge >= 0.3 is 0 Å². The first kappa shape index (κ1) is 23.7. The maximum Gasteiger partial charge on any atom is 0.273 e. The molecular formula is C23H29N3O5. The second-order valence-corrected chi connectivity index (χ2v) is 6.75. The van der Waals surface area contributed by atoms with Gasteiger partial charge in [-0.25, -0.2) is 0 Å². The largest absolute Gasteiger partial charge is 0.489 e. The van der Waals surface area contributed by atoms with E-state index in [-0.39, 0.29) is 24.3 Å². The minimum Gasteiger partial charge on any atom is -0.489 e. The van der Waals surface area contributed by atoms with Crippen molar-refractivity contribution >= 4 is 17.3 Å². The number of hydrogen-bond donors (Lipinski definition) is 1. The SMILES string of the molecule is CNC(=O)C(=NOC)c1ccccc1COc1ccc(OC(C)C(C)=NOC)cc1C. The van der Waals surface area contributed by atoms with Crippen LogP contribution < -0.4 is 14.8 Å². The van der Waals surface area contributed by atoms with Crippen molar-refractivity contribution in [2.75, 3.05) is 21.3 Å². The van der Waals surface area contributed by atoms with E-state index in [2.05, 4.69) is 15.6 Å². The van der Waals surface area contributed by atoms with Crippen LogP contribution in [0.1, 0.15) is 30.5 Å². The van der Waals surface area contributed by atoms with Crippen molar-refractivity contribution in [3.05, 3.63) is 59.2 Å². The maximum absolute atomic E-state index is 12.2. The predicted octanol–water partition coefficient (Wildman–Crippen LogP) is 3.46. The van der Waals surface area contributed by atoms with E-state index in [1.807, 2.05) is 57.2 Å². The number of rotatable bonds is 10. The highest BCUT2D eigenvalue weighted by Crippen LogP contribution is 2.25. The second-order valence-electron chi connectivity index (χ2n) is 6.75. The molecule has 8 nitrogen and oxygen atoms in total. The highest BCUT2D eigenvalue weighted by molar-refractivity contribution is 6.45. The molecule has 1 unspecified atom stereocenters. The Bertz CT molecular complexity index is 956. The van der Waals surface area contributed by atoms with E-state index in [0.717, 1.165) is 16.8 Å². The third-order valence-corrected chi connectivity index (χ3v) is 4.56. The van der Waals surface area contributed by atoms with Crippen molar-refractivity contribution in [3.8, 4) is 11.5 Å². The predicted molar refractivity (Wildman–Crippen MR) is 120 cm³/mol. The van der Waals surface area contributed by atoms with Crippen molar-refractivity contribution in [1.82, 2.24) is 5.32 Å². The average molecular weight is 428 g/mol. The molecule has 2 rings (SSSR count). The Balaban J connectivity index is 2.16. The highest BCUT2D eigenvalue weighted by atomic mass is 16.6. The number of ether oxygens (including phenoxy) is 2. The number of oxime groups is 2.